The second-order valence-corrected chi connectivity index (χ2v) is 7.21. The van der Waals surface area contributed by atoms with Gasteiger partial charge in [0.2, 0.25) is 11.8 Å². The summed E-state index contributed by atoms with van der Waals surface area (Å²) in [6, 6.07) is 0. The minimum atomic E-state index is -0.632. The fourth-order valence-electron chi connectivity index (χ4n) is 3.66. The molecule has 0 bridgehead atoms. The monoisotopic (exact) mass is 351 g/mol. The van der Waals surface area contributed by atoms with Gasteiger partial charge < -0.3 is 19.9 Å². The van der Waals surface area contributed by atoms with Crippen LogP contribution in [0.4, 0.5) is 0 Å². The van der Waals surface area contributed by atoms with Gasteiger partial charge in [0.25, 0.3) is 0 Å². The Hall–Kier alpha value is -1.51. The quantitative estimate of drug-likeness (QED) is 0.847. The molecule has 2 aliphatic rings. The molecule has 1 unspecified atom stereocenters. The van der Waals surface area contributed by atoms with Crippen LogP contribution in [0.25, 0.3) is 0 Å². The zero-order valence-electron chi connectivity index (χ0n) is 15.2. The van der Waals surface area contributed by atoms with Crippen molar-refractivity contribution in [2.24, 2.45) is 5.73 Å². The Kier molecular flexibility index (Phi) is 5.71. The van der Waals surface area contributed by atoms with E-state index < -0.39 is 5.54 Å². The van der Waals surface area contributed by atoms with Gasteiger partial charge in [-0.05, 0) is 26.2 Å². The number of carbonyl (C=O) groups is 1. The molecule has 8 nitrogen and oxygen atoms in total. The van der Waals surface area contributed by atoms with Crippen molar-refractivity contribution >= 4 is 5.91 Å². The van der Waals surface area contributed by atoms with Crippen molar-refractivity contribution in [1.29, 1.82) is 0 Å². The molecule has 0 spiro atoms. The number of aromatic nitrogens is 2. The number of amides is 1. The molecule has 1 saturated heterocycles. The normalized spacial score (nSPS) is 22.8. The maximum Gasteiger partial charge on any atom is 0.242 e. The topological polar surface area (TPSA) is 97.7 Å². The highest BCUT2D eigenvalue weighted by Gasteiger charge is 2.40. The highest BCUT2D eigenvalue weighted by Crippen LogP contribution is 2.29. The summed E-state index contributed by atoms with van der Waals surface area (Å²) in [7, 11) is 1.62. The maximum atomic E-state index is 12.8. The summed E-state index contributed by atoms with van der Waals surface area (Å²) in [6.07, 6.45) is 4.49. The van der Waals surface area contributed by atoms with Crippen LogP contribution in [0.15, 0.2) is 4.52 Å². The van der Waals surface area contributed by atoms with E-state index in [9.17, 15) is 4.79 Å². The van der Waals surface area contributed by atoms with Gasteiger partial charge in [0.15, 0.2) is 5.82 Å². The first-order valence-electron chi connectivity index (χ1n) is 9.18. The Morgan fingerprint density at radius 1 is 1.28 bits per heavy atom. The lowest BCUT2D eigenvalue weighted by Crippen LogP contribution is -2.54. The number of rotatable bonds is 5. The predicted octanol–water partition coefficient (Wildman–Crippen LogP) is 1.08. The van der Waals surface area contributed by atoms with Crippen LogP contribution in [0.2, 0.25) is 0 Å². The molecule has 1 atom stereocenters. The van der Waals surface area contributed by atoms with E-state index in [1.807, 2.05) is 11.8 Å². The van der Waals surface area contributed by atoms with Crippen molar-refractivity contribution < 1.29 is 14.1 Å². The minimum absolute atomic E-state index is 0.126. The van der Waals surface area contributed by atoms with Crippen LogP contribution < -0.4 is 5.73 Å². The molecule has 0 aromatic carbocycles. The molecule has 1 saturated carbocycles. The smallest absolute Gasteiger partial charge is 0.242 e. The molecule has 1 aromatic rings. The fraction of sp³-hybridized carbons (Fsp3) is 0.824. The number of hydrogen-bond donors (Lipinski definition) is 1. The van der Waals surface area contributed by atoms with Crippen LogP contribution in [-0.4, -0.2) is 64.7 Å². The summed E-state index contributed by atoms with van der Waals surface area (Å²) in [5, 5.41) is 3.96. The van der Waals surface area contributed by atoms with Crippen molar-refractivity contribution in [3.8, 4) is 0 Å². The van der Waals surface area contributed by atoms with Crippen LogP contribution >= 0.6 is 0 Å². The highest BCUT2D eigenvalue weighted by molar-refractivity contribution is 5.86. The van der Waals surface area contributed by atoms with Gasteiger partial charge >= 0.3 is 0 Å². The van der Waals surface area contributed by atoms with Crippen LogP contribution in [0.3, 0.4) is 0 Å². The van der Waals surface area contributed by atoms with Gasteiger partial charge in [-0.2, -0.15) is 4.98 Å². The molecule has 2 heterocycles. The molecular weight excluding hydrogens is 322 g/mol. The van der Waals surface area contributed by atoms with E-state index in [1.165, 1.54) is 0 Å². The fourth-order valence-corrected chi connectivity index (χ4v) is 3.66. The number of carbonyl (C=O) groups excluding carboxylic acids is 1. The van der Waals surface area contributed by atoms with Gasteiger partial charge in [-0.25, -0.2) is 0 Å². The molecule has 1 amide bonds. The Morgan fingerprint density at radius 3 is 2.76 bits per heavy atom. The van der Waals surface area contributed by atoms with Crippen molar-refractivity contribution in [1.82, 2.24) is 19.9 Å². The molecule has 1 aliphatic carbocycles. The molecule has 1 aromatic heterocycles. The van der Waals surface area contributed by atoms with Gasteiger partial charge in [-0.3, -0.25) is 9.69 Å². The van der Waals surface area contributed by atoms with Crippen LogP contribution in [0, 0.1) is 0 Å². The van der Waals surface area contributed by atoms with Crippen molar-refractivity contribution in [3.05, 3.63) is 11.7 Å². The first-order chi connectivity index (χ1) is 12.0. The van der Waals surface area contributed by atoms with E-state index >= 15 is 0 Å². The zero-order valence-corrected chi connectivity index (χ0v) is 15.2. The van der Waals surface area contributed by atoms with E-state index in [4.69, 9.17) is 15.0 Å². The maximum absolute atomic E-state index is 12.8. The highest BCUT2D eigenvalue weighted by atomic mass is 16.5. The van der Waals surface area contributed by atoms with E-state index in [-0.39, 0.29) is 12.0 Å². The summed E-state index contributed by atoms with van der Waals surface area (Å²) >= 11 is 0. The zero-order chi connectivity index (χ0) is 17.9. The number of nitrogens with zero attached hydrogens (tertiary/aromatic N) is 4. The van der Waals surface area contributed by atoms with Crippen LogP contribution in [0.1, 0.15) is 56.8 Å². The lowest BCUT2D eigenvalue weighted by atomic mass is 9.97. The third-order valence-electron chi connectivity index (χ3n) is 5.36. The summed E-state index contributed by atoms with van der Waals surface area (Å²) in [4.78, 5) is 21.4. The standard InChI is InChI=1S/C17H29N5O3/c1-13(24-2)15-19-14(25-20-15)12-21-8-5-9-22(11-10-21)16(23)17(18)6-3-4-7-17/h13H,3-12,18H2,1-2H3. The van der Waals surface area contributed by atoms with Crippen LogP contribution in [-0.2, 0) is 16.1 Å². The molecule has 0 radical (unpaired) electrons. The third kappa shape index (κ3) is 4.19. The number of nitrogens with two attached hydrogens (primary N) is 1. The van der Waals surface area contributed by atoms with E-state index in [1.54, 1.807) is 7.11 Å². The van der Waals surface area contributed by atoms with Crippen molar-refractivity contribution in [2.75, 3.05) is 33.3 Å². The number of methoxy groups -OCH3 is 1. The molecule has 8 heteroatoms. The Bertz CT molecular complexity index is 585. The second-order valence-electron chi connectivity index (χ2n) is 7.21. The minimum Gasteiger partial charge on any atom is -0.374 e. The molecular formula is C17H29N5O3. The predicted molar refractivity (Wildman–Crippen MR) is 91.6 cm³/mol. The number of hydrogen-bond acceptors (Lipinski definition) is 7. The molecule has 2 fully saturated rings. The first kappa shape index (κ1) is 18.3. The van der Waals surface area contributed by atoms with Crippen LogP contribution in [0.5, 0.6) is 0 Å². The van der Waals surface area contributed by atoms with Crippen molar-refractivity contribution in [3.63, 3.8) is 0 Å². The molecule has 3 rings (SSSR count). The molecule has 1 aliphatic heterocycles. The lowest BCUT2D eigenvalue weighted by Gasteiger charge is -2.30. The third-order valence-corrected chi connectivity index (χ3v) is 5.36. The Labute approximate surface area is 148 Å². The SMILES string of the molecule is COC(C)c1noc(CN2CCCN(C(=O)C3(N)CCCC3)CC2)n1. The van der Waals surface area contributed by atoms with E-state index in [2.05, 4.69) is 15.0 Å². The van der Waals surface area contributed by atoms with Gasteiger partial charge in [-0.1, -0.05) is 18.0 Å². The first-order valence-corrected chi connectivity index (χ1v) is 9.18. The average molecular weight is 351 g/mol. The lowest BCUT2D eigenvalue weighted by molar-refractivity contribution is -0.136. The second kappa shape index (κ2) is 7.80. The van der Waals surface area contributed by atoms with Gasteiger partial charge in [-0.15, -0.1) is 0 Å². The Morgan fingerprint density at radius 2 is 2.04 bits per heavy atom. The van der Waals surface area contributed by atoms with Crippen molar-refractivity contribution in [2.45, 2.75) is 57.2 Å². The van der Waals surface area contributed by atoms with Gasteiger partial charge in [0.05, 0.1) is 12.1 Å². The molecule has 140 valence electrons. The summed E-state index contributed by atoms with van der Waals surface area (Å²) < 4.78 is 10.5. The van der Waals surface area contributed by atoms with Gasteiger partial charge in [0.1, 0.15) is 6.10 Å². The van der Waals surface area contributed by atoms with Gasteiger partial charge in [0, 0.05) is 33.3 Å². The Balaban J connectivity index is 1.55. The summed E-state index contributed by atoms with van der Waals surface area (Å²) in [5.41, 5.74) is 5.70. The summed E-state index contributed by atoms with van der Waals surface area (Å²) in [6.45, 7) is 5.64. The average Bonchev–Trinajstić information content (AvgIpc) is 3.19. The molecule has 25 heavy (non-hydrogen) atoms. The largest absolute Gasteiger partial charge is 0.374 e. The van der Waals surface area contributed by atoms with E-state index in [0.717, 1.165) is 51.7 Å². The van der Waals surface area contributed by atoms with E-state index in [0.29, 0.717) is 24.8 Å². The number of ether oxygens (including phenoxy) is 1. The summed E-state index contributed by atoms with van der Waals surface area (Å²) in [5.74, 6) is 1.28. The molecule has 2 N–H and O–H groups in total.